The van der Waals surface area contributed by atoms with Crippen LogP contribution in [0.4, 0.5) is 0 Å². The zero-order chi connectivity index (χ0) is 14.2. The van der Waals surface area contributed by atoms with Crippen LogP contribution in [0.3, 0.4) is 0 Å². The van der Waals surface area contributed by atoms with Crippen LogP contribution in [0.1, 0.15) is 39.0 Å². The van der Waals surface area contributed by atoms with E-state index in [1.54, 1.807) is 0 Å². The quantitative estimate of drug-likeness (QED) is 0.680. The van der Waals surface area contributed by atoms with Gasteiger partial charge in [-0.2, -0.15) is 0 Å². The van der Waals surface area contributed by atoms with Crippen LogP contribution in [0.2, 0.25) is 0 Å². The van der Waals surface area contributed by atoms with Gasteiger partial charge in [0, 0.05) is 39.3 Å². The van der Waals surface area contributed by atoms with E-state index < -0.39 is 0 Å². The average molecular weight is 284 g/mol. The van der Waals surface area contributed by atoms with Crippen LogP contribution in [0.5, 0.6) is 0 Å². The number of amides is 1. The van der Waals surface area contributed by atoms with Gasteiger partial charge < -0.3 is 19.7 Å². The molecule has 2 heterocycles. The lowest BCUT2D eigenvalue weighted by Crippen LogP contribution is -2.42. The van der Waals surface area contributed by atoms with Gasteiger partial charge in [0.15, 0.2) is 0 Å². The largest absolute Gasteiger partial charge is 0.376 e. The molecule has 0 aromatic heterocycles. The normalized spacial score (nSPS) is 26.1. The molecule has 1 N–H and O–H groups in total. The number of hydrogen-bond donors (Lipinski definition) is 1. The zero-order valence-corrected chi connectivity index (χ0v) is 12.6. The fraction of sp³-hybridized carbons (Fsp3) is 0.933. The molecule has 1 amide bonds. The second-order valence-corrected chi connectivity index (χ2v) is 5.67. The van der Waals surface area contributed by atoms with Crippen molar-refractivity contribution in [2.75, 3.05) is 39.4 Å². The third kappa shape index (κ3) is 5.04. The first-order valence-electron chi connectivity index (χ1n) is 8.01. The van der Waals surface area contributed by atoms with E-state index >= 15 is 0 Å². The molecule has 2 atom stereocenters. The van der Waals surface area contributed by atoms with Crippen molar-refractivity contribution < 1.29 is 14.3 Å². The number of nitrogens with one attached hydrogen (secondary N) is 1. The van der Waals surface area contributed by atoms with E-state index in [9.17, 15) is 4.79 Å². The van der Waals surface area contributed by atoms with Crippen molar-refractivity contribution in [1.82, 2.24) is 10.2 Å². The topological polar surface area (TPSA) is 50.8 Å². The third-order valence-electron chi connectivity index (χ3n) is 4.01. The molecule has 116 valence electrons. The van der Waals surface area contributed by atoms with Crippen molar-refractivity contribution in [3.63, 3.8) is 0 Å². The molecule has 0 aromatic carbocycles. The lowest BCUT2D eigenvalue weighted by molar-refractivity contribution is -0.134. The zero-order valence-electron chi connectivity index (χ0n) is 12.6. The number of nitrogens with zero attached hydrogens (tertiary/aromatic N) is 1. The van der Waals surface area contributed by atoms with Gasteiger partial charge in [0.05, 0.1) is 12.2 Å². The first kappa shape index (κ1) is 15.7. The Bertz CT molecular complexity index is 269. The number of carbonyl (C=O) groups is 1. The molecule has 20 heavy (non-hydrogen) atoms. The Kier molecular flexibility index (Phi) is 6.76. The summed E-state index contributed by atoms with van der Waals surface area (Å²) in [5.74, 6) is 0.219. The summed E-state index contributed by atoms with van der Waals surface area (Å²) < 4.78 is 11.3. The summed E-state index contributed by atoms with van der Waals surface area (Å²) in [6.45, 7) is 6.85. The minimum atomic E-state index is 0.219. The predicted octanol–water partition coefficient (Wildman–Crippen LogP) is 1.17. The summed E-state index contributed by atoms with van der Waals surface area (Å²) in [6, 6.07) is 0. The Morgan fingerprint density at radius 1 is 1.15 bits per heavy atom. The summed E-state index contributed by atoms with van der Waals surface area (Å²) in [4.78, 5) is 14.3. The van der Waals surface area contributed by atoms with E-state index in [0.717, 1.165) is 65.1 Å². The summed E-state index contributed by atoms with van der Waals surface area (Å²) >= 11 is 0. The fourth-order valence-electron chi connectivity index (χ4n) is 2.88. The van der Waals surface area contributed by atoms with E-state index in [2.05, 4.69) is 12.2 Å². The number of carbonyl (C=O) groups excluding carboxylic acids is 1. The third-order valence-corrected chi connectivity index (χ3v) is 4.01. The Labute approximate surface area is 122 Å². The molecule has 0 radical (unpaired) electrons. The van der Waals surface area contributed by atoms with E-state index in [0.29, 0.717) is 6.42 Å². The van der Waals surface area contributed by atoms with Gasteiger partial charge in [-0.05, 0) is 32.2 Å². The molecule has 0 saturated carbocycles. The Balaban J connectivity index is 1.82. The first-order valence-corrected chi connectivity index (χ1v) is 8.01. The molecule has 5 nitrogen and oxygen atoms in total. The lowest BCUT2D eigenvalue weighted by Gasteiger charge is -2.28. The highest BCUT2D eigenvalue weighted by atomic mass is 16.5. The van der Waals surface area contributed by atoms with Gasteiger partial charge in [-0.25, -0.2) is 0 Å². The van der Waals surface area contributed by atoms with E-state index in [4.69, 9.17) is 9.47 Å². The second-order valence-electron chi connectivity index (χ2n) is 5.67. The molecule has 0 aromatic rings. The molecule has 0 spiro atoms. The molecular formula is C15H28N2O3. The van der Waals surface area contributed by atoms with Crippen LogP contribution in [-0.4, -0.2) is 62.4 Å². The van der Waals surface area contributed by atoms with E-state index in [-0.39, 0.29) is 18.1 Å². The average Bonchev–Trinajstić information content (AvgIpc) is 3.11. The number of hydrogen-bond acceptors (Lipinski definition) is 4. The summed E-state index contributed by atoms with van der Waals surface area (Å²) in [5, 5.41) is 3.21. The van der Waals surface area contributed by atoms with Crippen LogP contribution in [0.15, 0.2) is 0 Å². The van der Waals surface area contributed by atoms with Crippen molar-refractivity contribution in [3.05, 3.63) is 0 Å². The highest BCUT2D eigenvalue weighted by Crippen LogP contribution is 2.17. The Morgan fingerprint density at radius 2 is 1.75 bits per heavy atom. The smallest absolute Gasteiger partial charge is 0.224 e. The fourth-order valence-corrected chi connectivity index (χ4v) is 2.88. The van der Waals surface area contributed by atoms with Crippen molar-refractivity contribution in [2.24, 2.45) is 0 Å². The van der Waals surface area contributed by atoms with Crippen molar-refractivity contribution >= 4 is 5.91 Å². The van der Waals surface area contributed by atoms with E-state index in [1.807, 2.05) is 4.90 Å². The molecule has 2 unspecified atom stereocenters. The molecular weight excluding hydrogens is 256 g/mol. The van der Waals surface area contributed by atoms with Crippen molar-refractivity contribution in [3.8, 4) is 0 Å². The van der Waals surface area contributed by atoms with Gasteiger partial charge >= 0.3 is 0 Å². The minimum Gasteiger partial charge on any atom is -0.376 e. The minimum absolute atomic E-state index is 0.219. The molecule has 2 aliphatic heterocycles. The van der Waals surface area contributed by atoms with Crippen molar-refractivity contribution in [2.45, 2.75) is 51.2 Å². The van der Waals surface area contributed by atoms with Gasteiger partial charge in [-0.3, -0.25) is 4.79 Å². The molecule has 2 fully saturated rings. The number of rotatable bonds is 8. The molecule has 2 saturated heterocycles. The van der Waals surface area contributed by atoms with Crippen LogP contribution in [0.25, 0.3) is 0 Å². The Hall–Kier alpha value is -0.650. The van der Waals surface area contributed by atoms with Gasteiger partial charge in [0.25, 0.3) is 0 Å². The summed E-state index contributed by atoms with van der Waals surface area (Å²) in [5.41, 5.74) is 0. The van der Waals surface area contributed by atoms with Gasteiger partial charge in [0.1, 0.15) is 0 Å². The maximum atomic E-state index is 12.4. The molecule has 5 heteroatoms. The maximum Gasteiger partial charge on any atom is 0.224 e. The highest BCUT2D eigenvalue weighted by Gasteiger charge is 2.26. The van der Waals surface area contributed by atoms with E-state index in [1.165, 1.54) is 0 Å². The van der Waals surface area contributed by atoms with Gasteiger partial charge in [-0.15, -0.1) is 0 Å². The second kappa shape index (κ2) is 8.60. The summed E-state index contributed by atoms with van der Waals surface area (Å²) in [7, 11) is 0. The van der Waals surface area contributed by atoms with Crippen LogP contribution in [0, 0.1) is 0 Å². The SMILES string of the molecule is CCNCCC(=O)N(CC1CCCO1)CC1CCCO1. The number of ether oxygens (including phenoxy) is 2. The molecule has 2 aliphatic rings. The van der Waals surface area contributed by atoms with Crippen LogP contribution in [-0.2, 0) is 14.3 Å². The molecule has 2 rings (SSSR count). The molecule has 0 aliphatic carbocycles. The van der Waals surface area contributed by atoms with Gasteiger partial charge in [-0.1, -0.05) is 6.92 Å². The molecule has 0 bridgehead atoms. The first-order chi connectivity index (χ1) is 9.79. The standard InChI is InChI=1S/C15H28N2O3/c1-2-16-8-7-15(18)17(11-13-5-3-9-19-13)12-14-6-4-10-20-14/h13-14,16H,2-12H2,1H3. The Morgan fingerprint density at radius 3 is 2.20 bits per heavy atom. The maximum absolute atomic E-state index is 12.4. The monoisotopic (exact) mass is 284 g/mol. The predicted molar refractivity (Wildman–Crippen MR) is 77.7 cm³/mol. The van der Waals surface area contributed by atoms with Gasteiger partial charge in [0.2, 0.25) is 5.91 Å². The lowest BCUT2D eigenvalue weighted by atomic mass is 10.2. The highest BCUT2D eigenvalue weighted by molar-refractivity contribution is 5.76. The van der Waals surface area contributed by atoms with Crippen LogP contribution < -0.4 is 5.32 Å². The summed E-state index contributed by atoms with van der Waals surface area (Å²) in [6.07, 6.45) is 5.38. The van der Waals surface area contributed by atoms with Crippen molar-refractivity contribution in [1.29, 1.82) is 0 Å². The van der Waals surface area contributed by atoms with Crippen LogP contribution >= 0.6 is 0 Å².